The van der Waals surface area contributed by atoms with E-state index in [-0.39, 0.29) is 11.2 Å². The Morgan fingerprint density at radius 3 is 2.90 bits per heavy atom. The average Bonchev–Trinajstić information content (AvgIpc) is 3.21. The summed E-state index contributed by atoms with van der Waals surface area (Å²) < 4.78 is 37.4. The minimum Gasteiger partial charge on any atom is -0.447 e. The Labute approximate surface area is 125 Å². The Morgan fingerprint density at radius 1 is 1.38 bits per heavy atom. The van der Waals surface area contributed by atoms with Crippen molar-refractivity contribution in [1.29, 1.82) is 0 Å². The molecule has 0 spiro atoms. The quantitative estimate of drug-likeness (QED) is 0.858. The summed E-state index contributed by atoms with van der Waals surface area (Å²) in [5.74, 6) is 0.667. The molecule has 0 aromatic carbocycles. The molecule has 0 bridgehead atoms. The zero-order chi connectivity index (χ0) is 14.9. The second-order valence-corrected chi connectivity index (χ2v) is 7.61. The molecule has 1 aliphatic heterocycles. The van der Waals surface area contributed by atoms with Gasteiger partial charge in [0.15, 0.2) is 0 Å². The molecule has 1 N–H and O–H groups in total. The number of nitrogens with one attached hydrogen (secondary N) is 1. The molecule has 0 radical (unpaired) electrons. The van der Waals surface area contributed by atoms with Crippen LogP contribution in [0.5, 0.6) is 0 Å². The Balaban J connectivity index is 1.68. The van der Waals surface area contributed by atoms with E-state index < -0.39 is 10.0 Å². The van der Waals surface area contributed by atoms with Crippen LogP contribution in [0.15, 0.2) is 21.6 Å². The molecule has 1 atom stereocenters. The largest absolute Gasteiger partial charge is 0.447 e. The van der Waals surface area contributed by atoms with E-state index >= 15 is 0 Å². The van der Waals surface area contributed by atoms with Crippen molar-refractivity contribution in [3.63, 3.8) is 0 Å². The summed E-state index contributed by atoms with van der Waals surface area (Å²) >= 11 is 0. The molecule has 2 fully saturated rings. The summed E-state index contributed by atoms with van der Waals surface area (Å²) in [5.41, 5.74) is 0. The Kier molecular flexibility index (Phi) is 4.35. The predicted octanol–water partition coefficient (Wildman–Crippen LogP) is 1.33. The van der Waals surface area contributed by atoms with Gasteiger partial charge in [-0.15, -0.1) is 0 Å². The maximum atomic E-state index is 12.6. The SMILES string of the molecule is COC1CCCN(S(=O)(=O)c2ccc(CNC3CC3)o2)C1. The maximum absolute atomic E-state index is 12.6. The van der Waals surface area contributed by atoms with Crippen LogP contribution in [0.25, 0.3) is 0 Å². The molecule has 6 nitrogen and oxygen atoms in total. The van der Waals surface area contributed by atoms with Crippen LogP contribution >= 0.6 is 0 Å². The van der Waals surface area contributed by atoms with Crippen molar-refractivity contribution in [3.05, 3.63) is 17.9 Å². The molecule has 1 saturated carbocycles. The standard InChI is InChI=1S/C14H22N2O4S/c1-19-13-3-2-8-16(10-13)21(17,18)14-7-6-12(20-14)9-15-11-4-5-11/h6-7,11,13,15H,2-5,8-10H2,1H3. The van der Waals surface area contributed by atoms with Gasteiger partial charge >= 0.3 is 0 Å². The fraction of sp³-hybridized carbons (Fsp3) is 0.714. The minimum atomic E-state index is -3.55. The maximum Gasteiger partial charge on any atom is 0.276 e. The number of sulfonamides is 1. The molecule has 1 unspecified atom stereocenters. The smallest absolute Gasteiger partial charge is 0.276 e. The summed E-state index contributed by atoms with van der Waals surface area (Å²) in [4.78, 5) is 0. The van der Waals surface area contributed by atoms with Crippen molar-refractivity contribution in [2.24, 2.45) is 0 Å². The van der Waals surface area contributed by atoms with E-state index in [4.69, 9.17) is 9.15 Å². The molecule has 0 amide bonds. The van der Waals surface area contributed by atoms with Gasteiger partial charge < -0.3 is 14.5 Å². The van der Waals surface area contributed by atoms with Gasteiger partial charge in [0.2, 0.25) is 5.09 Å². The molecule has 1 aromatic heterocycles. The number of hydrogen-bond acceptors (Lipinski definition) is 5. The van der Waals surface area contributed by atoms with E-state index in [0.717, 1.165) is 12.8 Å². The monoisotopic (exact) mass is 314 g/mol. The Bertz CT molecular complexity index is 580. The predicted molar refractivity (Wildman–Crippen MR) is 77.4 cm³/mol. The Morgan fingerprint density at radius 2 is 2.19 bits per heavy atom. The summed E-state index contributed by atoms with van der Waals surface area (Å²) in [7, 11) is -1.93. The summed E-state index contributed by atoms with van der Waals surface area (Å²) in [6.45, 7) is 1.51. The van der Waals surface area contributed by atoms with Crippen molar-refractivity contribution in [1.82, 2.24) is 9.62 Å². The number of nitrogens with zero attached hydrogens (tertiary/aromatic N) is 1. The molecular formula is C14H22N2O4S. The lowest BCUT2D eigenvalue weighted by atomic mass is 10.1. The van der Waals surface area contributed by atoms with Crippen molar-refractivity contribution < 1.29 is 17.6 Å². The van der Waals surface area contributed by atoms with Crippen molar-refractivity contribution >= 4 is 10.0 Å². The molecule has 118 valence electrons. The van der Waals surface area contributed by atoms with Crippen LogP contribution < -0.4 is 5.32 Å². The van der Waals surface area contributed by atoms with Crippen LogP contribution in [0.3, 0.4) is 0 Å². The van der Waals surface area contributed by atoms with Gasteiger partial charge in [0.25, 0.3) is 10.0 Å². The van der Waals surface area contributed by atoms with Crippen LogP contribution in [0.2, 0.25) is 0 Å². The first-order valence-corrected chi connectivity index (χ1v) is 8.88. The zero-order valence-corrected chi connectivity index (χ0v) is 13.1. The highest BCUT2D eigenvalue weighted by Crippen LogP contribution is 2.24. The van der Waals surface area contributed by atoms with Crippen LogP contribution in [0.1, 0.15) is 31.4 Å². The number of hydrogen-bond donors (Lipinski definition) is 1. The first-order valence-electron chi connectivity index (χ1n) is 7.44. The fourth-order valence-electron chi connectivity index (χ4n) is 2.57. The molecule has 1 saturated heterocycles. The van der Waals surface area contributed by atoms with E-state index in [9.17, 15) is 8.42 Å². The van der Waals surface area contributed by atoms with Crippen LogP contribution in [0.4, 0.5) is 0 Å². The number of ether oxygens (including phenoxy) is 1. The third kappa shape index (κ3) is 3.48. The second-order valence-electron chi connectivity index (χ2n) is 5.74. The topological polar surface area (TPSA) is 71.8 Å². The van der Waals surface area contributed by atoms with E-state index in [1.807, 2.05) is 0 Å². The molecular weight excluding hydrogens is 292 g/mol. The lowest BCUT2D eigenvalue weighted by Crippen LogP contribution is -2.42. The van der Waals surface area contributed by atoms with Gasteiger partial charge in [-0.05, 0) is 37.8 Å². The number of methoxy groups -OCH3 is 1. The van der Waals surface area contributed by atoms with Crippen molar-refractivity contribution in [2.75, 3.05) is 20.2 Å². The fourth-order valence-corrected chi connectivity index (χ4v) is 4.01. The first-order chi connectivity index (χ1) is 10.1. The first kappa shape index (κ1) is 15.0. The highest BCUT2D eigenvalue weighted by molar-refractivity contribution is 7.89. The molecule has 3 rings (SSSR count). The van der Waals surface area contributed by atoms with Crippen LogP contribution in [-0.4, -0.2) is 45.1 Å². The molecule has 1 aliphatic carbocycles. The minimum absolute atomic E-state index is 0.0282. The van der Waals surface area contributed by atoms with E-state index in [1.54, 1.807) is 19.2 Å². The normalized spacial score (nSPS) is 24.3. The lowest BCUT2D eigenvalue weighted by Gasteiger charge is -2.30. The van der Waals surface area contributed by atoms with Gasteiger partial charge in [-0.1, -0.05) is 0 Å². The van der Waals surface area contributed by atoms with E-state index in [0.29, 0.717) is 31.4 Å². The average molecular weight is 314 g/mol. The van der Waals surface area contributed by atoms with Gasteiger partial charge in [0.1, 0.15) is 5.76 Å². The third-order valence-electron chi connectivity index (χ3n) is 4.05. The lowest BCUT2D eigenvalue weighted by molar-refractivity contribution is 0.0567. The van der Waals surface area contributed by atoms with Crippen LogP contribution in [-0.2, 0) is 21.3 Å². The van der Waals surface area contributed by atoms with Gasteiger partial charge in [-0.2, -0.15) is 4.31 Å². The van der Waals surface area contributed by atoms with Gasteiger partial charge in [0, 0.05) is 26.2 Å². The van der Waals surface area contributed by atoms with Gasteiger partial charge in [-0.25, -0.2) is 8.42 Å². The van der Waals surface area contributed by atoms with E-state index in [1.165, 1.54) is 17.1 Å². The molecule has 2 aliphatic rings. The van der Waals surface area contributed by atoms with E-state index in [2.05, 4.69) is 5.32 Å². The highest BCUT2D eigenvalue weighted by atomic mass is 32.2. The number of piperidine rings is 1. The number of rotatable bonds is 6. The van der Waals surface area contributed by atoms with Crippen molar-refractivity contribution in [2.45, 2.75) is 49.5 Å². The summed E-state index contributed by atoms with van der Waals surface area (Å²) in [6, 6.07) is 3.86. The zero-order valence-electron chi connectivity index (χ0n) is 12.2. The molecule has 1 aromatic rings. The molecule has 21 heavy (non-hydrogen) atoms. The summed E-state index contributed by atoms with van der Waals surface area (Å²) in [5, 5.41) is 3.35. The third-order valence-corrected chi connectivity index (χ3v) is 5.79. The highest BCUT2D eigenvalue weighted by Gasteiger charge is 2.32. The molecule has 7 heteroatoms. The summed E-state index contributed by atoms with van der Waals surface area (Å²) in [6.07, 6.45) is 4.07. The second kappa shape index (κ2) is 6.08. The van der Waals surface area contributed by atoms with Gasteiger partial charge in [-0.3, -0.25) is 0 Å². The molecule has 2 heterocycles. The number of furan rings is 1. The van der Waals surface area contributed by atoms with Crippen LogP contribution in [0, 0.1) is 0 Å². The van der Waals surface area contributed by atoms with Crippen molar-refractivity contribution in [3.8, 4) is 0 Å². The Hall–Kier alpha value is -0.890. The van der Waals surface area contributed by atoms with Gasteiger partial charge in [0.05, 0.1) is 12.6 Å².